The fraction of sp³-hybridized carbons (Fsp3) is 0.588. The Bertz CT molecular complexity index is 450. The van der Waals surface area contributed by atoms with Gasteiger partial charge in [-0.25, -0.2) is 0 Å². The van der Waals surface area contributed by atoms with E-state index in [1.165, 1.54) is 19.3 Å². The van der Waals surface area contributed by atoms with Crippen LogP contribution in [0.1, 0.15) is 49.0 Å². The van der Waals surface area contributed by atoms with E-state index in [2.05, 4.69) is 18.7 Å². The smallest absolute Gasteiger partial charge is 0.176 e. The van der Waals surface area contributed by atoms with E-state index in [1.54, 1.807) is 0 Å². The van der Waals surface area contributed by atoms with Gasteiger partial charge in [0.15, 0.2) is 5.78 Å². The van der Waals surface area contributed by atoms with Gasteiger partial charge >= 0.3 is 0 Å². The predicted molar refractivity (Wildman–Crippen MR) is 79.6 cm³/mol. The Kier molecular flexibility index (Phi) is 4.41. The summed E-state index contributed by atoms with van der Waals surface area (Å²) in [5.74, 6) is 0.253. The maximum atomic E-state index is 12.3. The van der Waals surface area contributed by atoms with E-state index in [0.717, 1.165) is 24.2 Å². The number of carbonyl (C=O) groups excluding carboxylic acids is 1. The van der Waals surface area contributed by atoms with Gasteiger partial charge in [0, 0.05) is 5.56 Å². The summed E-state index contributed by atoms with van der Waals surface area (Å²) in [6.07, 6.45) is 3.66. The van der Waals surface area contributed by atoms with Crippen molar-refractivity contribution < 1.29 is 4.79 Å². The van der Waals surface area contributed by atoms with Crippen LogP contribution < -0.4 is 0 Å². The molecule has 0 aromatic heterocycles. The Morgan fingerprint density at radius 3 is 2.79 bits per heavy atom. The fourth-order valence-electron chi connectivity index (χ4n) is 2.75. The third kappa shape index (κ3) is 4.17. The molecule has 2 rings (SSSR count). The molecule has 1 aliphatic heterocycles. The van der Waals surface area contributed by atoms with Crippen LogP contribution >= 0.6 is 0 Å². The minimum atomic E-state index is 0.253. The molecule has 0 atom stereocenters. The number of rotatable bonds is 3. The van der Waals surface area contributed by atoms with Gasteiger partial charge in [-0.15, -0.1) is 0 Å². The highest BCUT2D eigenvalue weighted by atomic mass is 16.1. The second-order valence-corrected chi connectivity index (χ2v) is 6.59. The zero-order chi connectivity index (χ0) is 13.9. The summed E-state index contributed by atoms with van der Waals surface area (Å²) in [6.45, 7) is 9.37. The van der Waals surface area contributed by atoms with Gasteiger partial charge < -0.3 is 0 Å². The fourth-order valence-corrected chi connectivity index (χ4v) is 2.75. The molecule has 0 spiro atoms. The average molecular weight is 259 g/mol. The Morgan fingerprint density at radius 1 is 1.26 bits per heavy atom. The normalized spacial score (nSPS) is 19.9. The molecule has 2 nitrogen and oxygen atoms in total. The number of aryl methyl sites for hydroxylation is 1. The Balaban J connectivity index is 1.96. The number of hydrogen-bond acceptors (Lipinski definition) is 2. The Labute approximate surface area is 116 Å². The van der Waals surface area contributed by atoms with E-state index in [1.807, 2.05) is 31.2 Å². The van der Waals surface area contributed by atoms with Crippen molar-refractivity contribution in [3.05, 3.63) is 35.4 Å². The lowest BCUT2D eigenvalue weighted by Crippen LogP contribution is -2.31. The van der Waals surface area contributed by atoms with Crippen molar-refractivity contribution in [2.75, 3.05) is 19.6 Å². The lowest BCUT2D eigenvalue weighted by molar-refractivity contribution is 0.0930. The molecule has 104 valence electrons. The molecule has 0 aliphatic carbocycles. The van der Waals surface area contributed by atoms with Crippen molar-refractivity contribution in [2.45, 2.75) is 40.0 Å². The molecular weight excluding hydrogens is 234 g/mol. The maximum Gasteiger partial charge on any atom is 0.176 e. The van der Waals surface area contributed by atoms with Crippen LogP contribution in [0.3, 0.4) is 0 Å². The van der Waals surface area contributed by atoms with Gasteiger partial charge in [-0.2, -0.15) is 0 Å². The molecule has 0 amide bonds. The standard InChI is InChI=1S/C17H25NO/c1-14-6-4-7-15(12-14)16(19)13-18-10-5-8-17(2,3)9-11-18/h4,6-7,12H,5,8-11,13H2,1-3H3. The number of likely N-dealkylation sites (tertiary alicyclic amines) is 1. The highest BCUT2D eigenvalue weighted by Gasteiger charge is 2.24. The Morgan fingerprint density at radius 2 is 2.05 bits per heavy atom. The molecule has 0 bridgehead atoms. The highest BCUT2D eigenvalue weighted by molar-refractivity contribution is 5.97. The van der Waals surface area contributed by atoms with Crippen LogP contribution in [0.15, 0.2) is 24.3 Å². The van der Waals surface area contributed by atoms with Gasteiger partial charge in [0.25, 0.3) is 0 Å². The first-order chi connectivity index (χ1) is 8.96. The lowest BCUT2D eigenvalue weighted by Gasteiger charge is -2.22. The Hall–Kier alpha value is -1.15. The van der Waals surface area contributed by atoms with Gasteiger partial charge in [0.2, 0.25) is 0 Å². The van der Waals surface area contributed by atoms with Crippen LogP contribution in [0.25, 0.3) is 0 Å². The first kappa shape index (κ1) is 14.3. The second kappa shape index (κ2) is 5.87. The number of Topliss-reactive ketones (excluding diaryl/α,β-unsaturated/α-hetero) is 1. The summed E-state index contributed by atoms with van der Waals surface area (Å²) in [4.78, 5) is 14.6. The van der Waals surface area contributed by atoms with Gasteiger partial charge in [0.05, 0.1) is 6.54 Å². The van der Waals surface area contributed by atoms with E-state index < -0.39 is 0 Å². The van der Waals surface area contributed by atoms with Crippen LogP contribution in [0, 0.1) is 12.3 Å². The SMILES string of the molecule is Cc1cccc(C(=O)CN2CCCC(C)(C)CC2)c1. The largest absolute Gasteiger partial charge is 0.296 e. The molecule has 1 fully saturated rings. The first-order valence-corrected chi connectivity index (χ1v) is 7.28. The van der Waals surface area contributed by atoms with Crippen molar-refractivity contribution in [3.63, 3.8) is 0 Å². The summed E-state index contributed by atoms with van der Waals surface area (Å²) in [6, 6.07) is 7.92. The first-order valence-electron chi connectivity index (χ1n) is 7.28. The summed E-state index contributed by atoms with van der Waals surface area (Å²) < 4.78 is 0. The highest BCUT2D eigenvalue weighted by Crippen LogP contribution is 2.29. The van der Waals surface area contributed by atoms with Crippen molar-refractivity contribution in [1.29, 1.82) is 0 Å². The van der Waals surface area contributed by atoms with Gasteiger partial charge in [-0.3, -0.25) is 9.69 Å². The minimum absolute atomic E-state index is 0.253. The zero-order valence-corrected chi connectivity index (χ0v) is 12.4. The maximum absolute atomic E-state index is 12.3. The number of ketones is 1. The van der Waals surface area contributed by atoms with Crippen LogP contribution in [-0.2, 0) is 0 Å². The van der Waals surface area contributed by atoms with Crippen molar-refractivity contribution in [3.8, 4) is 0 Å². The number of hydrogen-bond donors (Lipinski definition) is 0. The number of nitrogens with zero attached hydrogens (tertiary/aromatic N) is 1. The quantitative estimate of drug-likeness (QED) is 0.772. The van der Waals surface area contributed by atoms with E-state index >= 15 is 0 Å². The molecule has 0 unspecified atom stereocenters. The summed E-state index contributed by atoms with van der Waals surface area (Å²) in [5.41, 5.74) is 2.44. The van der Waals surface area contributed by atoms with Gasteiger partial charge in [0.1, 0.15) is 0 Å². The number of benzene rings is 1. The van der Waals surface area contributed by atoms with Gasteiger partial charge in [-0.05, 0) is 50.8 Å². The molecule has 1 aromatic rings. The van der Waals surface area contributed by atoms with Crippen LogP contribution in [0.4, 0.5) is 0 Å². The second-order valence-electron chi connectivity index (χ2n) is 6.59. The molecular formula is C17H25NO. The molecule has 1 aliphatic rings. The van der Waals surface area contributed by atoms with Crippen LogP contribution in [0.2, 0.25) is 0 Å². The van der Waals surface area contributed by atoms with E-state index in [-0.39, 0.29) is 5.78 Å². The summed E-state index contributed by atoms with van der Waals surface area (Å²) >= 11 is 0. The van der Waals surface area contributed by atoms with Crippen molar-refractivity contribution in [2.24, 2.45) is 5.41 Å². The molecule has 0 saturated carbocycles. The number of carbonyl (C=O) groups is 1. The third-order valence-corrected chi connectivity index (χ3v) is 4.14. The third-order valence-electron chi connectivity index (χ3n) is 4.14. The van der Waals surface area contributed by atoms with Crippen molar-refractivity contribution in [1.82, 2.24) is 4.90 Å². The lowest BCUT2D eigenvalue weighted by atomic mass is 9.85. The molecule has 0 N–H and O–H groups in total. The molecule has 1 heterocycles. The van der Waals surface area contributed by atoms with Crippen LogP contribution in [0.5, 0.6) is 0 Å². The van der Waals surface area contributed by atoms with Gasteiger partial charge in [-0.1, -0.05) is 37.6 Å². The molecule has 0 radical (unpaired) electrons. The van der Waals surface area contributed by atoms with Crippen molar-refractivity contribution >= 4 is 5.78 Å². The predicted octanol–water partition coefficient (Wildman–Crippen LogP) is 3.69. The molecule has 1 aromatic carbocycles. The molecule has 2 heteroatoms. The zero-order valence-electron chi connectivity index (χ0n) is 12.4. The topological polar surface area (TPSA) is 20.3 Å². The van der Waals surface area contributed by atoms with E-state index in [4.69, 9.17) is 0 Å². The van der Waals surface area contributed by atoms with E-state index in [0.29, 0.717) is 12.0 Å². The summed E-state index contributed by atoms with van der Waals surface area (Å²) in [5, 5.41) is 0. The summed E-state index contributed by atoms with van der Waals surface area (Å²) in [7, 11) is 0. The van der Waals surface area contributed by atoms with Crippen LogP contribution in [-0.4, -0.2) is 30.3 Å². The minimum Gasteiger partial charge on any atom is -0.296 e. The monoisotopic (exact) mass is 259 g/mol. The average Bonchev–Trinajstić information content (AvgIpc) is 2.51. The molecule has 19 heavy (non-hydrogen) atoms. The molecule has 1 saturated heterocycles. The van der Waals surface area contributed by atoms with E-state index in [9.17, 15) is 4.79 Å².